The fourth-order valence-corrected chi connectivity index (χ4v) is 2.54. The summed E-state index contributed by atoms with van der Waals surface area (Å²) in [7, 11) is 0. The van der Waals surface area contributed by atoms with Gasteiger partial charge in [0.05, 0.1) is 17.7 Å². The maximum Gasteiger partial charge on any atom is 0.234 e. The van der Waals surface area contributed by atoms with Crippen molar-refractivity contribution in [2.45, 2.75) is 38.0 Å². The van der Waals surface area contributed by atoms with Crippen LogP contribution in [0.15, 0.2) is 18.2 Å². The number of aliphatic hydroxyl groups is 1. The number of halogens is 2. The quantitative estimate of drug-likeness (QED) is 0.774. The Kier molecular flexibility index (Phi) is 5.34. The summed E-state index contributed by atoms with van der Waals surface area (Å²) in [5, 5.41) is 15.3. The van der Waals surface area contributed by atoms with Crippen molar-refractivity contribution in [1.29, 1.82) is 0 Å². The third-order valence-corrected chi connectivity index (χ3v) is 3.80. The van der Waals surface area contributed by atoms with Crippen LogP contribution in [0, 0.1) is 5.82 Å². The summed E-state index contributed by atoms with van der Waals surface area (Å²) in [6.07, 6.45) is 2.23. The van der Waals surface area contributed by atoms with E-state index >= 15 is 0 Å². The summed E-state index contributed by atoms with van der Waals surface area (Å²) in [4.78, 5) is 11.7. The molecule has 0 saturated heterocycles. The molecule has 0 aromatic heterocycles. The number of amides is 1. The number of benzene rings is 1. The van der Waals surface area contributed by atoms with Crippen LogP contribution in [0.1, 0.15) is 24.8 Å². The second-order valence-corrected chi connectivity index (χ2v) is 5.38. The number of aliphatic hydroxyl groups excluding tert-OH is 1. The molecule has 1 aliphatic carbocycles. The summed E-state index contributed by atoms with van der Waals surface area (Å²) in [5.41, 5.74) is 0.353. The lowest BCUT2D eigenvalue weighted by Crippen LogP contribution is -2.42. The molecule has 1 aromatic rings. The molecule has 20 heavy (non-hydrogen) atoms. The molecule has 1 unspecified atom stereocenters. The average molecular weight is 301 g/mol. The number of hydrogen-bond donors (Lipinski definition) is 3. The molecule has 0 spiro atoms. The zero-order chi connectivity index (χ0) is 14.5. The first-order valence-electron chi connectivity index (χ1n) is 6.69. The van der Waals surface area contributed by atoms with Crippen LogP contribution in [0.25, 0.3) is 0 Å². The SMILES string of the molecule is O=C(CNC1CCC[C@H]1O)NCc1cccc(Cl)c1F. The standard InChI is InChI=1S/C14H18ClFN2O2/c15-10-4-1-3-9(14(10)16)7-18-13(20)8-17-11-5-2-6-12(11)19/h1,3-4,11-12,17,19H,2,5-8H2,(H,18,20)/t11?,12-/m1/s1. The molecule has 4 nitrogen and oxygen atoms in total. The number of rotatable bonds is 5. The van der Waals surface area contributed by atoms with E-state index in [4.69, 9.17) is 11.6 Å². The Bertz CT molecular complexity index is 484. The second kappa shape index (κ2) is 7.02. The van der Waals surface area contributed by atoms with E-state index in [0.29, 0.717) is 5.56 Å². The van der Waals surface area contributed by atoms with Gasteiger partial charge in [-0.15, -0.1) is 0 Å². The molecule has 110 valence electrons. The largest absolute Gasteiger partial charge is 0.392 e. The maximum absolute atomic E-state index is 13.6. The molecule has 1 saturated carbocycles. The minimum atomic E-state index is -0.506. The molecule has 3 N–H and O–H groups in total. The van der Waals surface area contributed by atoms with Crippen LogP contribution < -0.4 is 10.6 Å². The summed E-state index contributed by atoms with van der Waals surface area (Å²) >= 11 is 5.66. The Balaban J connectivity index is 1.76. The Hall–Kier alpha value is -1.17. The van der Waals surface area contributed by atoms with Gasteiger partial charge in [-0.3, -0.25) is 4.79 Å². The molecule has 1 fully saturated rings. The van der Waals surface area contributed by atoms with Gasteiger partial charge in [-0.05, 0) is 25.3 Å². The smallest absolute Gasteiger partial charge is 0.234 e. The van der Waals surface area contributed by atoms with Crippen molar-refractivity contribution in [3.8, 4) is 0 Å². The maximum atomic E-state index is 13.6. The minimum Gasteiger partial charge on any atom is -0.392 e. The second-order valence-electron chi connectivity index (χ2n) is 4.98. The number of carbonyl (C=O) groups excluding carboxylic acids is 1. The van der Waals surface area contributed by atoms with Crippen LogP contribution in [0.2, 0.25) is 5.02 Å². The van der Waals surface area contributed by atoms with Gasteiger partial charge < -0.3 is 15.7 Å². The van der Waals surface area contributed by atoms with Crippen LogP contribution in [0.3, 0.4) is 0 Å². The highest BCUT2D eigenvalue weighted by Crippen LogP contribution is 2.19. The molecule has 2 rings (SSSR count). The van der Waals surface area contributed by atoms with E-state index in [1.807, 2.05) is 0 Å². The van der Waals surface area contributed by atoms with Crippen LogP contribution in [0.4, 0.5) is 4.39 Å². The molecule has 0 radical (unpaired) electrons. The number of carbonyl (C=O) groups is 1. The van der Waals surface area contributed by atoms with Crippen molar-refractivity contribution in [1.82, 2.24) is 10.6 Å². The van der Waals surface area contributed by atoms with Gasteiger partial charge >= 0.3 is 0 Å². The molecular formula is C14H18ClFN2O2. The molecule has 6 heteroatoms. The molecule has 0 heterocycles. The Labute approximate surface area is 122 Å². The predicted octanol–water partition coefficient (Wildman–Crippen LogP) is 1.60. The summed E-state index contributed by atoms with van der Waals surface area (Å²) in [6.45, 7) is 0.212. The lowest BCUT2D eigenvalue weighted by atomic mass is 10.2. The molecule has 1 amide bonds. The molecule has 2 atom stereocenters. The first-order valence-corrected chi connectivity index (χ1v) is 7.06. The van der Waals surface area contributed by atoms with Crippen molar-refractivity contribution < 1.29 is 14.3 Å². The van der Waals surface area contributed by atoms with Gasteiger partial charge in [-0.1, -0.05) is 23.7 Å². The van der Waals surface area contributed by atoms with E-state index in [2.05, 4.69) is 10.6 Å². The highest BCUT2D eigenvalue weighted by molar-refractivity contribution is 6.30. The normalized spacial score (nSPS) is 21.9. The summed E-state index contributed by atoms with van der Waals surface area (Å²) < 4.78 is 13.6. The lowest BCUT2D eigenvalue weighted by molar-refractivity contribution is -0.120. The van der Waals surface area contributed by atoms with Gasteiger partial charge in [0.25, 0.3) is 0 Å². The van der Waals surface area contributed by atoms with Crippen LogP contribution >= 0.6 is 11.6 Å². The average Bonchev–Trinajstić information content (AvgIpc) is 2.83. The third-order valence-electron chi connectivity index (χ3n) is 3.51. The monoisotopic (exact) mass is 300 g/mol. The Morgan fingerprint density at radius 1 is 1.45 bits per heavy atom. The zero-order valence-electron chi connectivity index (χ0n) is 11.0. The van der Waals surface area contributed by atoms with Gasteiger partial charge in [-0.25, -0.2) is 4.39 Å². The van der Waals surface area contributed by atoms with Crippen molar-refractivity contribution in [3.05, 3.63) is 34.6 Å². The van der Waals surface area contributed by atoms with Crippen molar-refractivity contribution in [2.24, 2.45) is 0 Å². The molecular weight excluding hydrogens is 283 g/mol. The van der Waals surface area contributed by atoms with E-state index in [-0.39, 0.29) is 36.2 Å². The van der Waals surface area contributed by atoms with E-state index in [1.165, 1.54) is 6.07 Å². The topological polar surface area (TPSA) is 61.4 Å². The highest BCUT2D eigenvalue weighted by atomic mass is 35.5. The van der Waals surface area contributed by atoms with Crippen molar-refractivity contribution >= 4 is 17.5 Å². The number of nitrogens with one attached hydrogen (secondary N) is 2. The fraction of sp³-hybridized carbons (Fsp3) is 0.500. The molecule has 1 aliphatic rings. The summed E-state index contributed by atoms with van der Waals surface area (Å²) in [6, 6.07) is 4.66. The van der Waals surface area contributed by atoms with E-state index < -0.39 is 5.82 Å². The first-order chi connectivity index (χ1) is 9.58. The molecule has 1 aromatic carbocycles. The minimum absolute atomic E-state index is 0.0244. The molecule has 0 bridgehead atoms. The van der Waals surface area contributed by atoms with Crippen LogP contribution in [-0.4, -0.2) is 29.7 Å². The van der Waals surface area contributed by atoms with Gasteiger partial charge in [0.1, 0.15) is 5.82 Å². The van der Waals surface area contributed by atoms with Crippen molar-refractivity contribution in [2.75, 3.05) is 6.54 Å². The zero-order valence-corrected chi connectivity index (χ0v) is 11.8. The van der Waals surface area contributed by atoms with Crippen LogP contribution in [-0.2, 0) is 11.3 Å². The Morgan fingerprint density at radius 3 is 2.95 bits per heavy atom. The van der Waals surface area contributed by atoms with Gasteiger partial charge in [-0.2, -0.15) is 0 Å². The van der Waals surface area contributed by atoms with Gasteiger partial charge in [0, 0.05) is 18.2 Å². The van der Waals surface area contributed by atoms with Crippen molar-refractivity contribution in [3.63, 3.8) is 0 Å². The molecule has 0 aliphatic heterocycles. The van der Waals surface area contributed by atoms with E-state index in [0.717, 1.165) is 19.3 Å². The lowest BCUT2D eigenvalue weighted by Gasteiger charge is -2.16. The van der Waals surface area contributed by atoms with Gasteiger partial charge in [0.2, 0.25) is 5.91 Å². The van der Waals surface area contributed by atoms with Gasteiger partial charge in [0.15, 0.2) is 0 Å². The Morgan fingerprint density at radius 2 is 2.25 bits per heavy atom. The fourth-order valence-electron chi connectivity index (χ4n) is 2.34. The summed E-state index contributed by atoms with van der Waals surface area (Å²) in [5.74, 6) is -0.739. The van der Waals surface area contributed by atoms with Crippen LogP contribution in [0.5, 0.6) is 0 Å². The van der Waals surface area contributed by atoms with E-state index in [9.17, 15) is 14.3 Å². The number of hydrogen-bond acceptors (Lipinski definition) is 3. The highest BCUT2D eigenvalue weighted by Gasteiger charge is 2.24. The first kappa shape index (κ1) is 15.2. The third kappa shape index (κ3) is 3.91. The predicted molar refractivity (Wildman–Crippen MR) is 74.9 cm³/mol. The van der Waals surface area contributed by atoms with E-state index in [1.54, 1.807) is 12.1 Å².